The summed E-state index contributed by atoms with van der Waals surface area (Å²) in [6, 6.07) is 13.7. The van der Waals surface area contributed by atoms with Crippen molar-refractivity contribution in [2.75, 3.05) is 45.9 Å². The first-order chi connectivity index (χ1) is 17.2. The maximum atomic E-state index is 11.4. The van der Waals surface area contributed by atoms with Gasteiger partial charge in [0.2, 0.25) is 0 Å². The van der Waals surface area contributed by atoms with E-state index in [1.807, 2.05) is 24.3 Å². The van der Waals surface area contributed by atoms with Crippen molar-refractivity contribution in [1.29, 1.82) is 0 Å². The van der Waals surface area contributed by atoms with Crippen LogP contribution in [0.3, 0.4) is 0 Å². The van der Waals surface area contributed by atoms with Crippen LogP contribution in [0.15, 0.2) is 42.5 Å². The molecule has 0 bridgehead atoms. The van der Waals surface area contributed by atoms with Crippen LogP contribution in [0.4, 0.5) is 4.79 Å². The summed E-state index contributed by atoms with van der Waals surface area (Å²) in [6.45, 7) is 8.30. The van der Waals surface area contributed by atoms with Gasteiger partial charge in [-0.05, 0) is 101 Å². The lowest BCUT2D eigenvalue weighted by Gasteiger charge is -2.16. The number of hydrogen-bond donors (Lipinski definition) is 1. The molecule has 2 N–H and O–H groups in total. The van der Waals surface area contributed by atoms with Gasteiger partial charge in [-0.25, -0.2) is 9.78 Å². The molecule has 0 unspecified atom stereocenters. The summed E-state index contributed by atoms with van der Waals surface area (Å²) in [5.74, 6) is 2.10. The highest BCUT2D eigenvalue weighted by molar-refractivity contribution is 5.88. The van der Waals surface area contributed by atoms with E-state index in [4.69, 9.17) is 20.2 Å². The quantitative estimate of drug-likeness (QED) is 0.473. The predicted octanol–water partition coefficient (Wildman–Crippen LogP) is 4.12. The number of carbonyl (C=O) groups is 1. The highest BCUT2D eigenvalue weighted by Crippen LogP contribution is 2.32. The molecule has 8 nitrogen and oxygen atoms in total. The molecular formula is C27H35N5O3. The Bertz CT molecular complexity index is 1130. The number of aryl methyl sites for hydroxylation is 1. The molecule has 3 aromatic rings. The van der Waals surface area contributed by atoms with E-state index in [1.54, 1.807) is 6.07 Å². The van der Waals surface area contributed by atoms with E-state index in [2.05, 4.69) is 26.5 Å². The average molecular weight is 478 g/mol. The number of fused-ring (bicyclic) bond motifs is 1. The van der Waals surface area contributed by atoms with Crippen molar-refractivity contribution in [3.8, 4) is 22.9 Å². The highest BCUT2D eigenvalue weighted by Gasteiger charge is 2.18. The van der Waals surface area contributed by atoms with E-state index in [-0.39, 0.29) is 0 Å². The predicted molar refractivity (Wildman–Crippen MR) is 137 cm³/mol. The Morgan fingerprint density at radius 3 is 2.26 bits per heavy atom. The van der Waals surface area contributed by atoms with E-state index in [0.717, 1.165) is 48.7 Å². The number of primary amides is 1. The SMILES string of the molecule is NC(=O)Oc1cccc2c1nc(-c1ccc(OCCN3CCCC3)cc1)n2CCCN1CCCC1. The molecule has 0 atom stereocenters. The van der Waals surface area contributed by atoms with E-state index in [1.165, 1.54) is 51.9 Å². The highest BCUT2D eigenvalue weighted by atomic mass is 16.5. The van der Waals surface area contributed by atoms with Crippen molar-refractivity contribution < 1.29 is 14.3 Å². The van der Waals surface area contributed by atoms with Gasteiger partial charge in [0.15, 0.2) is 5.75 Å². The van der Waals surface area contributed by atoms with Gasteiger partial charge in [-0.15, -0.1) is 0 Å². The van der Waals surface area contributed by atoms with Gasteiger partial charge in [0.05, 0.1) is 5.52 Å². The minimum atomic E-state index is -0.835. The number of likely N-dealkylation sites (tertiary alicyclic amines) is 2. The molecule has 8 heteroatoms. The van der Waals surface area contributed by atoms with Crippen LogP contribution < -0.4 is 15.2 Å². The Labute approximate surface area is 206 Å². The molecular weight excluding hydrogens is 442 g/mol. The summed E-state index contributed by atoms with van der Waals surface area (Å²) in [6.07, 6.45) is 5.36. The standard InChI is InChI=1S/C27H35N5O3/c28-27(33)35-24-8-5-7-23-25(24)29-26(32(23)18-6-17-30-13-1-2-14-30)21-9-11-22(12-10-21)34-20-19-31-15-3-4-16-31/h5,7-12H,1-4,6,13-20H2,(H2,28,33). The van der Waals surface area contributed by atoms with Crippen LogP contribution in [0.5, 0.6) is 11.5 Å². The summed E-state index contributed by atoms with van der Waals surface area (Å²) in [5, 5.41) is 0. The number of carbonyl (C=O) groups excluding carboxylic acids is 1. The van der Waals surface area contributed by atoms with E-state index in [9.17, 15) is 4.79 Å². The molecule has 0 spiro atoms. The smallest absolute Gasteiger partial charge is 0.410 e. The van der Waals surface area contributed by atoms with Crippen LogP contribution in [0.25, 0.3) is 22.4 Å². The topological polar surface area (TPSA) is 85.9 Å². The van der Waals surface area contributed by atoms with Crippen molar-refractivity contribution in [3.63, 3.8) is 0 Å². The zero-order valence-electron chi connectivity index (χ0n) is 20.3. The van der Waals surface area contributed by atoms with E-state index >= 15 is 0 Å². The summed E-state index contributed by atoms with van der Waals surface area (Å²) in [4.78, 5) is 21.3. The van der Waals surface area contributed by atoms with E-state index in [0.29, 0.717) is 17.9 Å². The van der Waals surface area contributed by atoms with Crippen molar-refractivity contribution in [2.45, 2.75) is 38.6 Å². The fourth-order valence-electron chi connectivity index (χ4n) is 5.22. The number of ether oxygens (including phenoxy) is 2. The normalized spacial score (nSPS) is 16.8. The summed E-state index contributed by atoms with van der Waals surface area (Å²) < 4.78 is 13.5. The van der Waals surface area contributed by atoms with Crippen LogP contribution in [0, 0.1) is 0 Å². The number of nitrogens with zero attached hydrogens (tertiary/aromatic N) is 4. The van der Waals surface area contributed by atoms with Crippen molar-refractivity contribution >= 4 is 17.1 Å². The van der Waals surface area contributed by atoms with Crippen LogP contribution in [0.1, 0.15) is 32.1 Å². The molecule has 2 aliphatic heterocycles. The van der Waals surface area contributed by atoms with Crippen molar-refractivity contribution in [3.05, 3.63) is 42.5 Å². The average Bonchev–Trinajstić information content (AvgIpc) is 3.62. The number of hydrogen-bond acceptors (Lipinski definition) is 6. The van der Waals surface area contributed by atoms with Crippen LogP contribution in [-0.2, 0) is 6.54 Å². The molecule has 2 aromatic carbocycles. The Balaban J connectivity index is 1.36. The Kier molecular flexibility index (Phi) is 7.49. The zero-order valence-corrected chi connectivity index (χ0v) is 20.3. The second-order valence-corrected chi connectivity index (χ2v) is 9.46. The Hall–Kier alpha value is -3.10. The molecule has 2 saturated heterocycles. The second kappa shape index (κ2) is 11.1. The molecule has 5 rings (SSSR count). The maximum absolute atomic E-state index is 11.4. The molecule has 2 fully saturated rings. The lowest BCUT2D eigenvalue weighted by molar-refractivity contribution is 0.211. The van der Waals surface area contributed by atoms with Crippen LogP contribution in [0.2, 0.25) is 0 Å². The number of imidazole rings is 1. The molecule has 35 heavy (non-hydrogen) atoms. The van der Waals surface area contributed by atoms with Gasteiger partial charge in [-0.3, -0.25) is 4.90 Å². The molecule has 2 aliphatic rings. The van der Waals surface area contributed by atoms with E-state index < -0.39 is 6.09 Å². The molecule has 0 saturated carbocycles. The first kappa shape index (κ1) is 23.6. The summed E-state index contributed by atoms with van der Waals surface area (Å²) in [5.41, 5.74) is 7.88. The minimum Gasteiger partial charge on any atom is -0.492 e. The van der Waals surface area contributed by atoms with Crippen LogP contribution in [-0.4, -0.2) is 71.3 Å². The fraction of sp³-hybridized carbons (Fsp3) is 0.481. The lowest BCUT2D eigenvalue weighted by atomic mass is 10.2. The largest absolute Gasteiger partial charge is 0.492 e. The first-order valence-corrected chi connectivity index (χ1v) is 12.8. The van der Waals surface area contributed by atoms with Gasteiger partial charge in [0.25, 0.3) is 0 Å². The summed E-state index contributed by atoms with van der Waals surface area (Å²) in [7, 11) is 0. The number of nitrogens with two attached hydrogens (primary N) is 1. The van der Waals surface area contributed by atoms with Gasteiger partial charge in [-0.2, -0.15) is 0 Å². The minimum absolute atomic E-state index is 0.386. The number of aromatic nitrogens is 2. The second-order valence-electron chi connectivity index (χ2n) is 9.46. The monoisotopic (exact) mass is 477 g/mol. The third-order valence-corrected chi connectivity index (χ3v) is 6.99. The van der Waals surface area contributed by atoms with Gasteiger partial charge in [0.1, 0.15) is 23.7 Å². The van der Waals surface area contributed by atoms with Gasteiger partial charge < -0.3 is 24.7 Å². The number of rotatable bonds is 10. The number of benzene rings is 2. The summed E-state index contributed by atoms with van der Waals surface area (Å²) >= 11 is 0. The molecule has 0 radical (unpaired) electrons. The van der Waals surface area contributed by atoms with Crippen molar-refractivity contribution in [1.82, 2.24) is 19.4 Å². The lowest BCUT2D eigenvalue weighted by Crippen LogP contribution is -2.25. The Morgan fingerprint density at radius 1 is 0.886 bits per heavy atom. The maximum Gasteiger partial charge on any atom is 0.410 e. The third kappa shape index (κ3) is 5.77. The number of para-hydroxylation sites is 1. The molecule has 186 valence electrons. The first-order valence-electron chi connectivity index (χ1n) is 12.8. The van der Waals surface area contributed by atoms with Gasteiger partial charge >= 0.3 is 6.09 Å². The van der Waals surface area contributed by atoms with Crippen LogP contribution >= 0.6 is 0 Å². The third-order valence-electron chi connectivity index (χ3n) is 6.99. The molecule has 1 aromatic heterocycles. The van der Waals surface area contributed by atoms with Gasteiger partial charge in [-0.1, -0.05) is 6.07 Å². The fourth-order valence-corrected chi connectivity index (χ4v) is 5.22. The zero-order chi connectivity index (χ0) is 24.0. The van der Waals surface area contributed by atoms with Crippen molar-refractivity contribution in [2.24, 2.45) is 5.73 Å². The molecule has 1 amide bonds. The molecule has 3 heterocycles. The number of amides is 1. The van der Waals surface area contributed by atoms with Gasteiger partial charge in [0, 0.05) is 18.7 Å². The molecule has 0 aliphatic carbocycles. The Morgan fingerprint density at radius 2 is 1.57 bits per heavy atom.